The van der Waals surface area contributed by atoms with Crippen molar-refractivity contribution in [1.82, 2.24) is 20.1 Å². The van der Waals surface area contributed by atoms with Gasteiger partial charge in [-0.2, -0.15) is 4.68 Å². The first-order valence-corrected chi connectivity index (χ1v) is 8.04. The molecule has 8 nitrogen and oxygen atoms in total. The van der Waals surface area contributed by atoms with Crippen molar-refractivity contribution in [1.29, 1.82) is 0 Å². The van der Waals surface area contributed by atoms with Crippen molar-refractivity contribution in [3.05, 3.63) is 87.2 Å². The molecule has 1 unspecified atom stereocenters. The molecule has 132 valence electrons. The summed E-state index contributed by atoms with van der Waals surface area (Å²) in [7, 11) is 0. The van der Waals surface area contributed by atoms with Gasteiger partial charge in [-0.1, -0.05) is 59.0 Å². The number of nitrogens with one attached hydrogen (secondary N) is 1. The Labute approximate surface area is 153 Å². The lowest BCUT2D eigenvalue weighted by Gasteiger charge is -2.19. The maximum Gasteiger partial charge on any atom is 0.490 e. The van der Waals surface area contributed by atoms with Crippen LogP contribution in [0.3, 0.4) is 0 Å². The normalized spacial score (nSPS) is 11.7. The van der Waals surface area contributed by atoms with Crippen molar-refractivity contribution < 1.29 is 9.72 Å². The fourth-order valence-electron chi connectivity index (χ4n) is 2.46. The molecule has 3 rings (SSSR count). The largest absolute Gasteiger partial charge is 0.490 e. The van der Waals surface area contributed by atoms with Gasteiger partial charge < -0.3 is 15.4 Å². The van der Waals surface area contributed by atoms with Gasteiger partial charge in [0, 0.05) is 10.1 Å². The first-order valence-electron chi connectivity index (χ1n) is 7.66. The number of nitro groups is 1. The lowest BCUT2D eigenvalue weighted by atomic mass is 9.99. The lowest BCUT2D eigenvalue weighted by molar-refractivity contribution is -0.394. The molecule has 26 heavy (non-hydrogen) atoms. The molecular formula is C17H14ClN5O3. The molecule has 0 spiro atoms. The van der Waals surface area contributed by atoms with Gasteiger partial charge in [-0.25, -0.2) is 0 Å². The van der Waals surface area contributed by atoms with Crippen molar-refractivity contribution in [2.75, 3.05) is 0 Å². The second-order valence-electron chi connectivity index (χ2n) is 5.46. The molecule has 1 aromatic heterocycles. The molecule has 0 fully saturated rings. The van der Waals surface area contributed by atoms with E-state index in [1.165, 1.54) is 0 Å². The summed E-state index contributed by atoms with van der Waals surface area (Å²) in [6.07, 6.45) is 1.15. The number of halogens is 1. The third kappa shape index (κ3) is 4.22. The molecule has 9 heteroatoms. The van der Waals surface area contributed by atoms with Gasteiger partial charge in [0.2, 0.25) is 12.2 Å². The molecule has 0 saturated heterocycles. The molecule has 0 saturated carbocycles. The first kappa shape index (κ1) is 17.6. The molecule has 3 aromatic rings. The second-order valence-corrected chi connectivity index (χ2v) is 5.90. The Morgan fingerprint density at radius 3 is 2.42 bits per heavy atom. The number of nitrogens with zero attached hydrogens (tertiary/aromatic N) is 4. The van der Waals surface area contributed by atoms with E-state index in [9.17, 15) is 14.9 Å². The molecule has 1 N–H and O–H groups in total. The summed E-state index contributed by atoms with van der Waals surface area (Å²) >= 11 is 5.94. The van der Waals surface area contributed by atoms with Gasteiger partial charge in [0.25, 0.3) is 0 Å². The monoisotopic (exact) mass is 371 g/mol. The zero-order valence-corrected chi connectivity index (χ0v) is 14.2. The van der Waals surface area contributed by atoms with Crippen LogP contribution >= 0.6 is 11.6 Å². The highest BCUT2D eigenvalue weighted by Crippen LogP contribution is 2.23. The number of carbonyl (C=O) groups is 1. The Kier molecular flexibility index (Phi) is 5.23. The number of aromatic nitrogens is 3. The average Bonchev–Trinajstić information content (AvgIpc) is 3.10. The van der Waals surface area contributed by atoms with Crippen LogP contribution in [0.2, 0.25) is 5.02 Å². The summed E-state index contributed by atoms with van der Waals surface area (Å²) in [5.41, 5.74) is 1.76. The van der Waals surface area contributed by atoms with Gasteiger partial charge in [0.1, 0.15) is 6.54 Å². The summed E-state index contributed by atoms with van der Waals surface area (Å²) < 4.78 is 1.12. The lowest BCUT2D eigenvalue weighted by Crippen LogP contribution is -2.32. The molecule has 0 radical (unpaired) electrons. The fourth-order valence-corrected chi connectivity index (χ4v) is 2.58. The van der Waals surface area contributed by atoms with Gasteiger partial charge in [0.15, 0.2) is 0 Å². The van der Waals surface area contributed by atoms with Crippen molar-refractivity contribution >= 4 is 23.5 Å². The molecule has 1 heterocycles. The van der Waals surface area contributed by atoms with Gasteiger partial charge in [0.05, 0.1) is 6.04 Å². The van der Waals surface area contributed by atoms with E-state index in [4.69, 9.17) is 11.6 Å². The predicted molar refractivity (Wildman–Crippen MR) is 94.6 cm³/mol. The Hall–Kier alpha value is -3.26. The van der Waals surface area contributed by atoms with E-state index in [0.29, 0.717) is 5.02 Å². The molecule has 1 amide bonds. The highest BCUT2D eigenvalue weighted by atomic mass is 35.5. The number of carbonyl (C=O) groups excluding carboxylic acids is 1. The Morgan fingerprint density at radius 1 is 1.15 bits per heavy atom. The molecule has 1 atom stereocenters. The predicted octanol–water partition coefficient (Wildman–Crippen LogP) is 2.75. The van der Waals surface area contributed by atoms with Gasteiger partial charge >= 0.3 is 5.95 Å². The summed E-state index contributed by atoms with van der Waals surface area (Å²) in [6, 6.07) is 16.2. The smallest absolute Gasteiger partial charge is 0.390 e. The van der Waals surface area contributed by atoms with E-state index in [1.54, 1.807) is 12.1 Å². The highest BCUT2D eigenvalue weighted by molar-refractivity contribution is 6.30. The van der Waals surface area contributed by atoms with E-state index < -0.39 is 10.9 Å². The van der Waals surface area contributed by atoms with Crippen LogP contribution in [0.4, 0.5) is 5.95 Å². The molecule has 0 aliphatic rings. The zero-order valence-electron chi connectivity index (χ0n) is 13.4. The van der Waals surface area contributed by atoms with E-state index >= 15 is 0 Å². The van der Waals surface area contributed by atoms with Crippen molar-refractivity contribution in [3.63, 3.8) is 0 Å². The van der Waals surface area contributed by atoms with Gasteiger partial charge in [-0.3, -0.25) is 4.79 Å². The molecule has 0 aliphatic carbocycles. The van der Waals surface area contributed by atoms with Crippen molar-refractivity contribution in [3.8, 4) is 0 Å². The Bertz CT molecular complexity index is 912. The second kappa shape index (κ2) is 7.75. The number of amides is 1. The summed E-state index contributed by atoms with van der Waals surface area (Å²) in [4.78, 5) is 25.9. The molecule has 0 aliphatic heterocycles. The van der Waals surface area contributed by atoms with E-state index in [-0.39, 0.29) is 18.5 Å². The van der Waals surface area contributed by atoms with Crippen LogP contribution in [0, 0.1) is 10.1 Å². The Morgan fingerprint density at radius 2 is 1.81 bits per heavy atom. The van der Waals surface area contributed by atoms with Crippen LogP contribution in [0.5, 0.6) is 0 Å². The van der Waals surface area contributed by atoms with E-state index in [2.05, 4.69) is 15.4 Å². The topological polar surface area (TPSA) is 103 Å². The summed E-state index contributed by atoms with van der Waals surface area (Å²) in [5, 5.41) is 17.8. The van der Waals surface area contributed by atoms with Crippen LogP contribution in [0.1, 0.15) is 17.2 Å². The number of hydrogen-bond donors (Lipinski definition) is 1. The highest BCUT2D eigenvalue weighted by Gasteiger charge is 2.19. The zero-order chi connectivity index (χ0) is 18.5. The summed E-state index contributed by atoms with van der Waals surface area (Å²) in [6.45, 7) is -0.183. The van der Waals surface area contributed by atoms with E-state index in [1.807, 2.05) is 42.5 Å². The quantitative estimate of drug-likeness (QED) is 0.530. The SMILES string of the molecule is O=C(Cn1cnc([N+](=O)[O-])n1)NC(c1ccccc1)c1ccc(Cl)cc1. The van der Waals surface area contributed by atoms with Crippen LogP contribution in [0.15, 0.2) is 60.9 Å². The minimum atomic E-state index is -0.713. The molecule has 0 bridgehead atoms. The fraction of sp³-hybridized carbons (Fsp3) is 0.118. The van der Waals surface area contributed by atoms with Gasteiger partial charge in [-0.05, 0) is 28.2 Å². The maximum absolute atomic E-state index is 12.4. The third-order valence-corrected chi connectivity index (χ3v) is 3.89. The van der Waals surface area contributed by atoms with Crippen molar-refractivity contribution in [2.24, 2.45) is 0 Å². The third-order valence-electron chi connectivity index (χ3n) is 3.63. The van der Waals surface area contributed by atoms with E-state index in [0.717, 1.165) is 22.1 Å². The number of rotatable bonds is 6. The number of hydrogen-bond acceptors (Lipinski definition) is 5. The van der Waals surface area contributed by atoms with Crippen molar-refractivity contribution in [2.45, 2.75) is 12.6 Å². The van der Waals surface area contributed by atoms with Gasteiger partial charge in [-0.15, -0.1) is 0 Å². The maximum atomic E-state index is 12.4. The Balaban J connectivity index is 1.79. The molecule has 2 aromatic carbocycles. The number of benzene rings is 2. The van der Waals surface area contributed by atoms with Crippen LogP contribution in [-0.2, 0) is 11.3 Å². The minimum absolute atomic E-state index is 0.183. The minimum Gasteiger partial charge on any atom is -0.390 e. The first-order chi connectivity index (χ1) is 12.5. The summed E-state index contributed by atoms with van der Waals surface area (Å²) in [5.74, 6) is -0.899. The average molecular weight is 372 g/mol. The van der Waals surface area contributed by atoms with Crippen LogP contribution in [0.25, 0.3) is 0 Å². The van der Waals surface area contributed by atoms with Crippen LogP contribution in [-0.4, -0.2) is 25.6 Å². The van der Waals surface area contributed by atoms with Crippen LogP contribution < -0.4 is 5.32 Å². The standard InChI is InChI=1S/C17H14ClN5O3/c18-14-8-6-13(7-9-14)16(12-4-2-1-3-5-12)20-15(24)10-22-11-19-17(21-22)23(25)26/h1-9,11,16H,10H2,(H,20,24). The molecular weight excluding hydrogens is 358 g/mol.